The first-order valence-corrected chi connectivity index (χ1v) is 8.76. The van der Waals surface area contributed by atoms with Crippen LogP contribution < -0.4 is 10.1 Å². The normalized spacial score (nSPS) is 20.2. The van der Waals surface area contributed by atoms with Gasteiger partial charge in [0.25, 0.3) is 0 Å². The Morgan fingerprint density at radius 2 is 2.16 bits per heavy atom. The minimum absolute atomic E-state index is 0.00281. The molecule has 134 valence electrons. The molecule has 1 aromatic heterocycles. The molecule has 0 radical (unpaired) electrons. The molecule has 2 atom stereocenters. The van der Waals surface area contributed by atoms with E-state index in [1.54, 1.807) is 18.0 Å². The fourth-order valence-corrected chi connectivity index (χ4v) is 3.10. The summed E-state index contributed by atoms with van der Waals surface area (Å²) in [5.74, 6) is 1.60. The van der Waals surface area contributed by atoms with Crippen molar-refractivity contribution in [1.82, 2.24) is 9.78 Å². The molecular weight excluding hydrogens is 318 g/mol. The number of amides is 1. The van der Waals surface area contributed by atoms with Gasteiger partial charge in [-0.05, 0) is 37.0 Å². The Hall–Kier alpha value is -2.34. The Labute approximate surface area is 148 Å². The highest BCUT2D eigenvalue weighted by Crippen LogP contribution is 2.24. The molecular formula is C19H25N3O3. The second-order valence-electron chi connectivity index (χ2n) is 6.33. The van der Waals surface area contributed by atoms with E-state index in [0.717, 1.165) is 36.4 Å². The highest BCUT2D eigenvalue weighted by molar-refractivity contribution is 5.91. The van der Waals surface area contributed by atoms with Crippen LogP contribution in [0.4, 0.5) is 5.82 Å². The summed E-state index contributed by atoms with van der Waals surface area (Å²) in [5.41, 5.74) is 1.09. The van der Waals surface area contributed by atoms with Crippen LogP contribution in [-0.4, -0.2) is 35.5 Å². The van der Waals surface area contributed by atoms with E-state index in [1.165, 1.54) is 0 Å². The fraction of sp³-hybridized carbons (Fsp3) is 0.474. The Kier molecular flexibility index (Phi) is 5.71. The lowest BCUT2D eigenvalue weighted by Gasteiger charge is -2.28. The monoisotopic (exact) mass is 343 g/mol. The number of ether oxygens (including phenoxy) is 2. The number of methoxy groups -OCH3 is 1. The number of nitrogens with zero attached hydrogens (tertiary/aromatic N) is 2. The van der Waals surface area contributed by atoms with Gasteiger partial charge in [-0.3, -0.25) is 4.79 Å². The molecule has 0 unspecified atom stereocenters. The summed E-state index contributed by atoms with van der Waals surface area (Å²) >= 11 is 0. The summed E-state index contributed by atoms with van der Waals surface area (Å²) in [7, 11) is 1.65. The first-order chi connectivity index (χ1) is 12.2. The summed E-state index contributed by atoms with van der Waals surface area (Å²) in [5, 5.41) is 7.36. The molecule has 1 amide bonds. The smallest absolute Gasteiger partial charge is 0.228 e. The van der Waals surface area contributed by atoms with E-state index in [-0.39, 0.29) is 17.9 Å². The molecule has 2 heterocycles. The fourth-order valence-electron chi connectivity index (χ4n) is 3.10. The van der Waals surface area contributed by atoms with Crippen molar-refractivity contribution in [3.63, 3.8) is 0 Å². The molecule has 3 rings (SSSR count). The lowest BCUT2D eigenvalue weighted by molar-refractivity contribution is -0.124. The standard InChI is InChI=1S/C19H25N3O3/c1-3-16-12-15(9-11-25-16)19(23)21-18-8-10-20-22(18)13-14-4-6-17(24-2)7-5-14/h4-8,10,15-16H,3,9,11-13H2,1-2H3,(H,21,23)/t15-,16+/m0/s1. The maximum atomic E-state index is 12.6. The van der Waals surface area contributed by atoms with Gasteiger partial charge in [-0.15, -0.1) is 0 Å². The number of hydrogen-bond acceptors (Lipinski definition) is 4. The largest absolute Gasteiger partial charge is 0.497 e. The quantitative estimate of drug-likeness (QED) is 0.875. The average Bonchev–Trinajstić information content (AvgIpc) is 3.09. The molecule has 6 nitrogen and oxygen atoms in total. The summed E-state index contributed by atoms with van der Waals surface area (Å²) in [4.78, 5) is 12.6. The Morgan fingerprint density at radius 1 is 1.36 bits per heavy atom. The lowest BCUT2D eigenvalue weighted by Crippen LogP contribution is -2.33. The van der Waals surface area contributed by atoms with Gasteiger partial charge in [0.05, 0.1) is 26.0 Å². The van der Waals surface area contributed by atoms with Crippen molar-refractivity contribution in [3.8, 4) is 5.75 Å². The van der Waals surface area contributed by atoms with Crippen molar-refractivity contribution in [2.75, 3.05) is 19.0 Å². The molecule has 0 aliphatic carbocycles. The van der Waals surface area contributed by atoms with Crippen molar-refractivity contribution in [3.05, 3.63) is 42.1 Å². The number of carbonyl (C=O) groups excluding carboxylic acids is 1. The van der Waals surface area contributed by atoms with Gasteiger partial charge in [0.2, 0.25) is 5.91 Å². The van der Waals surface area contributed by atoms with Crippen molar-refractivity contribution in [2.45, 2.75) is 38.8 Å². The average molecular weight is 343 g/mol. The number of anilines is 1. The predicted molar refractivity (Wildman–Crippen MR) is 95.7 cm³/mol. The first kappa shape index (κ1) is 17.5. The Morgan fingerprint density at radius 3 is 2.88 bits per heavy atom. The van der Waals surface area contributed by atoms with E-state index in [2.05, 4.69) is 17.3 Å². The van der Waals surface area contributed by atoms with Gasteiger partial charge in [0, 0.05) is 18.6 Å². The molecule has 1 fully saturated rings. The van der Waals surface area contributed by atoms with Gasteiger partial charge in [-0.25, -0.2) is 4.68 Å². The van der Waals surface area contributed by atoms with Gasteiger partial charge in [0.1, 0.15) is 11.6 Å². The van der Waals surface area contributed by atoms with Crippen molar-refractivity contribution in [1.29, 1.82) is 0 Å². The van der Waals surface area contributed by atoms with Gasteiger partial charge in [-0.2, -0.15) is 5.10 Å². The van der Waals surface area contributed by atoms with E-state index < -0.39 is 0 Å². The molecule has 1 aromatic carbocycles. The van der Waals surface area contributed by atoms with Gasteiger partial charge < -0.3 is 14.8 Å². The molecule has 0 bridgehead atoms. The van der Waals surface area contributed by atoms with E-state index in [0.29, 0.717) is 13.2 Å². The van der Waals surface area contributed by atoms with Gasteiger partial charge >= 0.3 is 0 Å². The van der Waals surface area contributed by atoms with Crippen molar-refractivity contribution < 1.29 is 14.3 Å². The van der Waals surface area contributed by atoms with Crippen LogP contribution in [0.5, 0.6) is 5.75 Å². The van der Waals surface area contributed by atoms with Crippen molar-refractivity contribution in [2.24, 2.45) is 5.92 Å². The van der Waals surface area contributed by atoms with Crippen LogP contribution in [0.1, 0.15) is 31.7 Å². The lowest BCUT2D eigenvalue weighted by atomic mass is 9.93. The highest BCUT2D eigenvalue weighted by Gasteiger charge is 2.27. The van der Waals surface area contributed by atoms with Crippen LogP contribution in [0.25, 0.3) is 0 Å². The maximum absolute atomic E-state index is 12.6. The summed E-state index contributed by atoms with van der Waals surface area (Å²) in [6, 6.07) is 9.67. The number of benzene rings is 1. The minimum atomic E-state index is 0.00281. The van der Waals surface area contributed by atoms with Gasteiger partial charge in [0.15, 0.2) is 0 Å². The predicted octanol–water partition coefficient (Wildman–Crippen LogP) is 3.08. The van der Waals surface area contributed by atoms with Crippen LogP contribution >= 0.6 is 0 Å². The number of hydrogen-bond donors (Lipinski definition) is 1. The van der Waals surface area contributed by atoms with Crippen molar-refractivity contribution >= 4 is 11.7 Å². The number of rotatable bonds is 6. The Bertz CT molecular complexity index is 696. The number of nitrogens with one attached hydrogen (secondary N) is 1. The molecule has 1 N–H and O–H groups in total. The van der Waals surface area contributed by atoms with E-state index in [9.17, 15) is 4.79 Å². The van der Waals surface area contributed by atoms with Crippen LogP contribution in [0.15, 0.2) is 36.5 Å². The number of carbonyl (C=O) groups is 1. The third-order valence-electron chi connectivity index (χ3n) is 4.65. The van der Waals surface area contributed by atoms with E-state index in [4.69, 9.17) is 9.47 Å². The molecule has 1 saturated heterocycles. The summed E-state index contributed by atoms with van der Waals surface area (Å²) in [6.45, 7) is 3.34. The Balaban J connectivity index is 1.63. The highest BCUT2D eigenvalue weighted by atomic mass is 16.5. The molecule has 1 aliphatic heterocycles. The molecule has 25 heavy (non-hydrogen) atoms. The maximum Gasteiger partial charge on any atom is 0.228 e. The minimum Gasteiger partial charge on any atom is -0.497 e. The van der Waals surface area contributed by atoms with E-state index >= 15 is 0 Å². The SMILES string of the molecule is CC[C@@H]1C[C@@H](C(=O)Nc2ccnn2Cc2ccc(OC)cc2)CCO1. The van der Waals surface area contributed by atoms with Crippen LogP contribution in [-0.2, 0) is 16.1 Å². The van der Waals surface area contributed by atoms with Crippen LogP contribution in [0.3, 0.4) is 0 Å². The van der Waals surface area contributed by atoms with E-state index in [1.807, 2.05) is 30.3 Å². The third kappa shape index (κ3) is 4.39. The zero-order chi connectivity index (χ0) is 17.6. The molecule has 6 heteroatoms. The third-order valence-corrected chi connectivity index (χ3v) is 4.65. The van der Waals surface area contributed by atoms with Crippen LogP contribution in [0, 0.1) is 5.92 Å². The topological polar surface area (TPSA) is 65.4 Å². The molecule has 0 spiro atoms. The zero-order valence-electron chi connectivity index (χ0n) is 14.8. The second kappa shape index (κ2) is 8.16. The molecule has 1 aliphatic rings. The van der Waals surface area contributed by atoms with Gasteiger partial charge in [-0.1, -0.05) is 19.1 Å². The first-order valence-electron chi connectivity index (χ1n) is 8.76. The summed E-state index contributed by atoms with van der Waals surface area (Å²) in [6.07, 6.45) is 4.40. The zero-order valence-corrected chi connectivity index (χ0v) is 14.8. The summed E-state index contributed by atoms with van der Waals surface area (Å²) < 4.78 is 12.6. The molecule has 0 saturated carbocycles. The molecule has 2 aromatic rings. The number of aromatic nitrogens is 2. The van der Waals surface area contributed by atoms with Crippen LogP contribution in [0.2, 0.25) is 0 Å². The second-order valence-corrected chi connectivity index (χ2v) is 6.33.